The number of nitrogens with zero attached hydrogens (tertiary/aromatic N) is 6. The Hall–Kier alpha value is -3.69. The molecule has 1 saturated heterocycles. The molecule has 3 heterocycles. The number of halogens is 5. The topological polar surface area (TPSA) is 98.2 Å². The van der Waals surface area contributed by atoms with Crippen LogP contribution in [-0.4, -0.2) is 70.8 Å². The number of alkyl halides is 5. The van der Waals surface area contributed by atoms with Gasteiger partial charge < -0.3 is 4.90 Å². The summed E-state index contributed by atoms with van der Waals surface area (Å²) in [6, 6.07) is 19.7. The Kier molecular flexibility index (Phi) is 8.52. The molecule has 5 aromatic rings. The van der Waals surface area contributed by atoms with Crippen molar-refractivity contribution in [2.75, 3.05) is 18.5 Å². The molecule has 0 saturated carbocycles. The number of rotatable bonds is 9. The van der Waals surface area contributed by atoms with Gasteiger partial charge in [0.15, 0.2) is 0 Å². The molecule has 45 heavy (non-hydrogen) atoms. The molecule has 6 rings (SSSR count). The monoisotopic (exact) mass is 751 g/mol. The number of aliphatic hydroxyl groups excluding tert-OH is 1. The Balaban J connectivity index is 1.43. The smallest absolute Gasteiger partial charge is 0.0840 e. The first-order valence-electron chi connectivity index (χ1n) is 14.0. The van der Waals surface area contributed by atoms with Crippen molar-refractivity contribution in [2.45, 2.75) is 35.8 Å². The van der Waals surface area contributed by atoms with Crippen molar-refractivity contribution < 1.29 is 44.3 Å². The Labute approximate surface area is 271 Å². The van der Waals surface area contributed by atoms with Crippen molar-refractivity contribution in [1.82, 2.24) is 29.0 Å². The summed E-state index contributed by atoms with van der Waals surface area (Å²) in [7, 11) is 3.30. The second-order valence-electron chi connectivity index (χ2n) is 11.0. The average molecular weight is 752 g/mol. The molecule has 2 aromatic heterocycles. The number of aromatic nitrogens is 5. The number of carbonyl (C=O) groups excluding carboxylic acids is 1. The van der Waals surface area contributed by atoms with Gasteiger partial charge in [-0.25, -0.2) is 0 Å². The van der Waals surface area contributed by atoms with Crippen LogP contribution < -0.4 is 26.9 Å². The van der Waals surface area contributed by atoms with Gasteiger partial charge >= 0.3 is 172 Å². The maximum atomic E-state index is 13.6. The summed E-state index contributed by atoms with van der Waals surface area (Å²) in [5.74, 6) is -0.194. The molecule has 236 valence electrons. The van der Waals surface area contributed by atoms with E-state index in [0.717, 1.165) is 20.4 Å². The second-order valence-corrected chi connectivity index (χ2v) is 14.6. The molecule has 9 nitrogen and oxygen atoms in total. The number of aliphatic hydroxyl groups is 1. The molecule has 1 aliphatic rings. The van der Waals surface area contributed by atoms with Gasteiger partial charge in [-0.2, -0.15) is 0 Å². The Morgan fingerprint density at radius 3 is 2.42 bits per heavy atom. The van der Waals surface area contributed by atoms with E-state index < -0.39 is 24.5 Å². The summed E-state index contributed by atoms with van der Waals surface area (Å²) < 4.78 is 45.5. The summed E-state index contributed by atoms with van der Waals surface area (Å²) in [4.78, 5) is 27.8. The van der Waals surface area contributed by atoms with E-state index in [0.29, 0.717) is 36.7 Å². The van der Waals surface area contributed by atoms with E-state index in [4.69, 9.17) is 16.7 Å². The van der Waals surface area contributed by atoms with Crippen LogP contribution in [-0.2, 0) is 19.6 Å². The van der Waals surface area contributed by atoms with Gasteiger partial charge in [-0.1, -0.05) is 29.8 Å². The number of fused-ring (bicyclic) bond motifs is 1. The molecule has 0 bridgehead atoms. The van der Waals surface area contributed by atoms with E-state index in [-0.39, 0.29) is 46.0 Å². The van der Waals surface area contributed by atoms with Crippen LogP contribution in [0.2, 0.25) is 5.02 Å². The zero-order chi connectivity index (χ0) is 32.0. The summed E-state index contributed by atoms with van der Waals surface area (Å²) >= 11 is 6.59. The number of hydrogen-bond acceptors (Lipinski definition) is 5. The SMILES string of the molecule is CN(C)C(=O)c1ccc2c(Cn3nc(-c4ccc(C5C[I-]5)cc4)n(C[C@H](O)C(F)(F)F)c3=O)nn(Cc3ccccc3Cl)c2c1. The molecule has 14 heteroatoms. The predicted octanol–water partition coefficient (Wildman–Crippen LogP) is 1.58. The molecule has 0 aliphatic carbocycles. The van der Waals surface area contributed by atoms with Gasteiger partial charge in [-0.15, -0.1) is 0 Å². The third kappa shape index (κ3) is 6.51. The molecule has 0 radical (unpaired) electrons. The third-order valence-corrected chi connectivity index (χ3v) is 10.4. The minimum Gasteiger partial charge on any atom is -0.0840 e. The van der Waals surface area contributed by atoms with Crippen molar-refractivity contribution >= 4 is 28.4 Å². The number of benzene rings is 3. The van der Waals surface area contributed by atoms with Gasteiger partial charge in [0.25, 0.3) is 5.91 Å². The minimum absolute atomic E-state index is 0.0130. The molecule has 1 N–H and O–H groups in total. The normalized spacial score (nSPS) is 15.6. The van der Waals surface area contributed by atoms with Crippen LogP contribution in [0.25, 0.3) is 22.3 Å². The Morgan fingerprint density at radius 2 is 1.78 bits per heavy atom. The number of hydrogen-bond donors (Lipinski definition) is 1. The van der Waals surface area contributed by atoms with Crippen LogP contribution in [0, 0.1) is 0 Å². The fourth-order valence-electron chi connectivity index (χ4n) is 5.06. The molecule has 0 spiro atoms. The molecule has 2 atom stereocenters. The van der Waals surface area contributed by atoms with E-state index in [1.807, 2.05) is 30.3 Å². The molecule has 1 amide bonds. The molecular formula is C31H28ClF3IN6O3-. The van der Waals surface area contributed by atoms with Gasteiger partial charge in [-0.3, -0.25) is 4.79 Å². The van der Waals surface area contributed by atoms with Crippen LogP contribution >= 0.6 is 11.6 Å². The average Bonchev–Trinajstić information content (AvgIpc) is 3.75. The maximum absolute atomic E-state index is 13.6. The Bertz CT molecular complexity index is 1950. The van der Waals surface area contributed by atoms with E-state index in [1.54, 1.807) is 55.2 Å². The summed E-state index contributed by atoms with van der Waals surface area (Å²) in [5, 5.41) is 20.3. The standard InChI is InChI=1S/C31H28ClF3IN6O3/c1-39(2)29(44)20-11-12-22-25(37-41(26(22)13-20)15-21-5-3-4-6-23(21)32)16-42-30(45)40(17-27(43)31(33,34)35)28(38-42)19-9-7-18(8-10-19)24-14-36-24/h3-13,24,27,43H,14-17H2,1-2H3/q-1/t24?,27-/m0/s1. The second kappa shape index (κ2) is 12.2. The van der Waals surface area contributed by atoms with Crippen LogP contribution in [0.15, 0.2) is 71.5 Å². The molecule has 1 fully saturated rings. The van der Waals surface area contributed by atoms with Gasteiger partial charge in [0, 0.05) is 24.7 Å². The fourth-order valence-corrected chi connectivity index (χ4v) is 6.95. The van der Waals surface area contributed by atoms with Crippen molar-refractivity contribution in [2.24, 2.45) is 0 Å². The molecule has 3 aromatic carbocycles. The van der Waals surface area contributed by atoms with Crippen LogP contribution in [0.1, 0.15) is 31.1 Å². The van der Waals surface area contributed by atoms with Crippen molar-refractivity contribution in [1.29, 1.82) is 0 Å². The molecular weight excluding hydrogens is 724 g/mol. The van der Waals surface area contributed by atoms with Crippen LogP contribution in [0.3, 0.4) is 0 Å². The quantitative estimate of drug-likeness (QED) is 0.183. The summed E-state index contributed by atoms with van der Waals surface area (Å²) in [6.45, 7) is -0.915. The van der Waals surface area contributed by atoms with Gasteiger partial charge in [0.1, 0.15) is 0 Å². The van der Waals surface area contributed by atoms with E-state index >= 15 is 0 Å². The Morgan fingerprint density at radius 1 is 1.07 bits per heavy atom. The fraction of sp³-hybridized carbons (Fsp3) is 0.290. The number of amides is 1. The zero-order valence-electron chi connectivity index (χ0n) is 24.2. The van der Waals surface area contributed by atoms with Gasteiger partial charge in [0.05, 0.1) is 6.54 Å². The van der Waals surface area contributed by atoms with Gasteiger partial charge in [0.2, 0.25) is 0 Å². The zero-order valence-corrected chi connectivity index (χ0v) is 27.1. The first kappa shape index (κ1) is 31.3. The van der Waals surface area contributed by atoms with E-state index in [2.05, 4.69) is 5.10 Å². The number of carbonyl (C=O) groups is 1. The first-order valence-corrected chi connectivity index (χ1v) is 17.1. The minimum atomic E-state index is -4.92. The van der Waals surface area contributed by atoms with Crippen molar-refractivity contribution in [3.63, 3.8) is 0 Å². The molecule has 1 unspecified atom stereocenters. The van der Waals surface area contributed by atoms with E-state index in [1.165, 1.54) is 9.33 Å². The third-order valence-electron chi connectivity index (χ3n) is 7.55. The summed E-state index contributed by atoms with van der Waals surface area (Å²) in [5.41, 5.74) is 3.04. The van der Waals surface area contributed by atoms with Crippen molar-refractivity contribution in [3.8, 4) is 11.4 Å². The summed E-state index contributed by atoms with van der Waals surface area (Å²) in [6.07, 6.45) is -7.68. The van der Waals surface area contributed by atoms with Crippen molar-refractivity contribution in [3.05, 3.63) is 105 Å². The van der Waals surface area contributed by atoms with Gasteiger partial charge in [-0.05, 0) is 23.8 Å². The first-order chi connectivity index (χ1) is 21.4. The predicted molar refractivity (Wildman–Crippen MR) is 159 cm³/mol. The van der Waals surface area contributed by atoms with E-state index in [9.17, 15) is 27.9 Å². The van der Waals surface area contributed by atoms with Crippen LogP contribution in [0.5, 0.6) is 0 Å². The van der Waals surface area contributed by atoms with Crippen LogP contribution in [0.4, 0.5) is 13.2 Å². The molecule has 1 aliphatic heterocycles.